The third-order valence-electron chi connectivity index (χ3n) is 2.86. The van der Waals surface area contributed by atoms with Gasteiger partial charge in [-0.15, -0.1) is 0 Å². The number of carbonyl (C=O) groups excluding carboxylic acids is 1. The second-order valence-corrected chi connectivity index (χ2v) is 4.23. The first kappa shape index (κ1) is 13.0. The predicted octanol–water partition coefficient (Wildman–Crippen LogP) is 2.19. The molecule has 0 radical (unpaired) electrons. The van der Waals surface area contributed by atoms with Crippen molar-refractivity contribution in [3.05, 3.63) is 48.3 Å². The number of carbonyl (C=O) groups is 1. The Hall–Kier alpha value is -2.43. The number of rotatable bonds is 4. The van der Waals surface area contributed by atoms with Gasteiger partial charge in [0.2, 0.25) is 0 Å². The fraction of sp³-hybridized carbons (Fsp3) is 0.214. The summed E-state index contributed by atoms with van der Waals surface area (Å²) in [7, 11) is 1.53. The zero-order valence-electron chi connectivity index (χ0n) is 10.8. The van der Waals surface area contributed by atoms with E-state index in [9.17, 15) is 9.90 Å². The molecule has 19 heavy (non-hydrogen) atoms. The molecule has 0 saturated carbocycles. The van der Waals surface area contributed by atoms with Crippen molar-refractivity contribution in [3.8, 4) is 5.75 Å². The van der Waals surface area contributed by atoms with E-state index in [0.717, 1.165) is 18.5 Å². The molecule has 0 atom stereocenters. The van der Waals surface area contributed by atoms with E-state index in [2.05, 4.69) is 15.2 Å². The molecule has 2 amide bonds. The second kappa shape index (κ2) is 5.95. The second-order valence-electron chi connectivity index (χ2n) is 4.23. The molecule has 0 spiro atoms. The average Bonchev–Trinajstić information content (AvgIpc) is 2.92. The predicted molar refractivity (Wildman–Crippen MR) is 74.3 cm³/mol. The minimum absolute atomic E-state index is 0.0633. The van der Waals surface area contributed by atoms with E-state index in [1.165, 1.54) is 7.05 Å². The number of anilines is 1. The molecular formula is C14H17N3O2. The van der Waals surface area contributed by atoms with E-state index in [0.29, 0.717) is 5.69 Å². The Bertz CT molecular complexity index is 550. The van der Waals surface area contributed by atoms with Crippen LogP contribution in [0.1, 0.15) is 5.56 Å². The summed E-state index contributed by atoms with van der Waals surface area (Å²) in [4.78, 5) is 11.3. The first-order valence-corrected chi connectivity index (χ1v) is 6.10. The van der Waals surface area contributed by atoms with Crippen molar-refractivity contribution in [2.24, 2.45) is 0 Å². The van der Waals surface area contributed by atoms with E-state index in [4.69, 9.17) is 0 Å². The number of phenolic OH excluding ortho intramolecular Hbond substituents is 1. The molecule has 2 rings (SSSR count). The average molecular weight is 259 g/mol. The molecule has 1 heterocycles. The number of aromatic nitrogens is 1. The van der Waals surface area contributed by atoms with Crippen molar-refractivity contribution in [1.82, 2.24) is 9.88 Å². The van der Waals surface area contributed by atoms with E-state index in [1.54, 1.807) is 12.1 Å². The SMILES string of the molecule is CNC(=O)Nc1cc(CCn2cccc2)ccc1O. The summed E-state index contributed by atoms with van der Waals surface area (Å²) in [6.07, 6.45) is 4.84. The Morgan fingerprint density at radius 2 is 2.05 bits per heavy atom. The number of nitrogens with zero attached hydrogens (tertiary/aromatic N) is 1. The highest BCUT2D eigenvalue weighted by atomic mass is 16.3. The fourth-order valence-electron chi connectivity index (χ4n) is 1.80. The van der Waals surface area contributed by atoms with Crippen LogP contribution in [0.3, 0.4) is 0 Å². The highest BCUT2D eigenvalue weighted by Gasteiger charge is 2.06. The highest BCUT2D eigenvalue weighted by molar-refractivity contribution is 5.90. The van der Waals surface area contributed by atoms with Gasteiger partial charge in [0, 0.05) is 26.0 Å². The Labute approximate surface area is 111 Å². The summed E-state index contributed by atoms with van der Waals surface area (Å²) in [6, 6.07) is 8.85. The van der Waals surface area contributed by atoms with Crippen LogP contribution in [-0.2, 0) is 13.0 Å². The molecule has 0 fully saturated rings. The maximum absolute atomic E-state index is 11.3. The number of urea groups is 1. The zero-order valence-corrected chi connectivity index (χ0v) is 10.8. The molecule has 0 saturated heterocycles. The smallest absolute Gasteiger partial charge is 0.319 e. The first-order chi connectivity index (χ1) is 9.19. The van der Waals surface area contributed by atoms with E-state index in [-0.39, 0.29) is 11.8 Å². The van der Waals surface area contributed by atoms with Crippen molar-refractivity contribution in [1.29, 1.82) is 0 Å². The summed E-state index contributed by atoms with van der Waals surface area (Å²) < 4.78 is 2.08. The first-order valence-electron chi connectivity index (χ1n) is 6.10. The lowest BCUT2D eigenvalue weighted by molar-refractivity contribution is 0.254. The van der Waals surface area contributed by atoms with Gasteiger partial charge in [0.15, 0.2) is 0 Å². The maximum Gasteiger partial charge on any atom is 0.319 e. The van der Waals surface area contributed by atoms with Gasteiger partial charge in [-0.2, -0.15) is 0 Å². The van der Waals surface area contributed by atoms with Crippen LogP contribution in [0, 0.1) is 0 Å². The molecule has 5 heteroatoms. The van der Waals surface area contributed by atoms with Gasteiger partial charge in [-0.05, 0) is 36.2 Å². The molecule has 1 aromatic carbocycles. The monoisotopic (exact) mass is 259 g/mol. The van der Waals surface area contributed by atoms with Crippen LogP contribution in [0.5, 0.6) is 5.75 Å². The Balaban J connectivity index is 2.05. The van der Waals surface area contributed by atoms with E-state index < -0.39 is 0 Å². The van der Waals surface area contributed by atoms with Gasteiger partial charge in [0.1, 0.15) is 5.75 Å². The van der Waals surface area contributed by atoms with Crippen molar-refractivity contribution in [2.75, 3.05) is 12.4 Å². The van der Waals surface area contributed by atoms with Gasteiger partial charge >= 0.3 is 6.03 Å². The molecule has 5 nitrogen and oxygen atoms in total. The van der Waals surface area contributed by atoms with E-state index >= 15 is 0 Å². The number of hydrogen-bond acceptors (Lipinski definition) is 2. The van der Waals surface area contributed by atoms with Crippen LogP contribution in [0.4, 0.5) is 10.5 Å². The molecule has 1 aromatic heterocycles. The van der Waals surface area contributed by atoms with Gasteiger partial charge < -0.3 is 20.3 Å². The van der Waals surface area contributed by atoms with Crippen molar-refractivity contribution >= 4 is 11.7 Å². The Morgan fingerprint density at radius 1 is 1.32 bits per heavy atom. The van der Waals surface area contributed by atoms with Crippen molar-refractivity contribution < 1.29 is 9.90 Å². The summed E-state index contributed by atoms with van der Waals surface area (Å²) in [6.45, 7) is 0.858. The Kier molecular flexibility index (Phi) is 4.07. The number of aromatic hydroxyl groups is 1. The van der Waals surface area contributed by atoms with Gasteiger partial charge in [-0.25, -0.2) is 4.79 Å². The molecule has 0 aliphatic rings. The third kappa shape index (κ3) is 3.51. The topological polar surface area (TPSA) is 66.3 Å². The van der Waals surface area contributed by atoms with Crippen molar-refractivity contribution in [3.63, 3.8) is 0 Å². The lowest BCUT2D eigenvalue weighted by atomic mass is 10.1. The number of benzene rings is 1. The molecule has 0 unspecified atom stereocenters. The van der Waals surface area contributed by atoms with E-state index in [1.807, 2.05) is 30.6 Å². The van der Waals surface area contributed by atoms with Crippen LogP contribution < -0.4 is 10.6 Å². The standard InChI is InChI=1S/C14H17N3O2/c1-15-14(19)16-12-10-11(4-5-13(12)18)6-9-17-7-2-3-8-17/h2-5,7-8,10,18H,6,9H2,1H3,(H2,15,16,19). The summed E-state index contributed by atoms with van der Waals surface area (Å²) in [5.41, 5.74) is 1.47. The van der Waals surface area contributed by atoms with Crippen LogP contribution in [0.25, 0.3) is 0 Å². The minimum atomic E-state index is -0.349. The fourth-order valence-corrected chi connectivity index (χ4v) is 1.80. The van der Waals surface area contributed by atoms with Gasteiger partial charge in [0.05, 0.1) is 5.69 Å². The highest BCUT2D eigenvalue weighted by Crippen LogP contribution is 2.24. The van der Waals surface area contributed by atoms with Gasteiger partial charge in [-0.1, -0.05) is 6.07 Å². The van der Waals surface area contributed by atoms with Crippen LogP contribution in [-0.4, -0.2) is 22.8 Å². The van der Waals surface area contributed by atoms with Crippen LogP contribution >= 0.6 is 0 Å². The molecule has 3 N–H and O–H groups in total. The van der Waals surface area contributed by atoms with Crippen LogP contribution in [0.15, 0.2) is 42.7 Å². The number of amides is 2. The number of nitrogens with one attached hydrogen (secondary N) is 2. The number of phenols is 1. The molecule has 100 valence electrons. The van der Waals surface area contributed by atoms with Crippen molar-refractivity contribution in [2.45, 2.75) is 13.0 Å². The lowest BCUT2D eigenvalue weighted by Gasteiger charge is -2.09. The quantitative estimate of drug-likeness (QED) is 0.737. The molecule has 0 bridgehead atoms. The normalized spacial score (nSPS) is 10.2. The maximum atomic E-state index is 11.3. The minimum Gasteiger partial charge on any atom is -0.506 e. The molecule has 2 aromatic rings. The third-order valence-corrected chi connectivity index (χ3v) is 2.86. The Morgan fingerprint density at radius 3 is 2.74 bits per heavy atom. The molecule has 0 aliphatic heterocycles. The summed E-state index contributed by atoms with van der Waals surface area (Å²) in [5, 5.41) is 14.7. The van der Waals surface area contributed by atoms with Gasteiger partial charge in [0.25, 0.3) is 0 Å². The van der Waals surface area contributed by atoms with Crippen LogP contribution in [0.2, 0.25) is 0 Å². The number of aryl methyl sites for hydroxylation is 2. The van der Waals surface area contributed by atoms with Gasteiger partial charge in [-0.3, -0.25) is 0 Å². The zero-order chi connectivity index (χ0) is 13.7. The largest absolute Gasteiger partial charge is 0.506 e. The lowest BCUT2D eigenvalue weighted by Crippen LogP contribution is -2.24. The summed E-state index contributed by atoms with van der Waals surface area (Å²) in [5.74, 6) is 0.0633. The molecular weight excluding hydrogens is 242 g/mol. The summed E-state index contributed by atoms with van der Waals surface area (Å²) >= 11 is 0. The molecule has 0 aliphatic carbocycles. The number of hydrogen-bond donors (Lipinski definition) is 3.